The van der Waals surface area contributed by atoms with Crippen molar-refractivity contribution in [1.82, 2.24) is 0 Å². The van der Waals surface area contributed by atoms with E-state index in [1.165, 1.54) is 12.1 Å². The summed E-state index contributed by atoms with van der Waals surface area (Å²) < 4.78 is 0. The van der Waals surface area contributed by atoms with Gasteiger partial charge in [-0.05, 0) is 30.5 Å². The van der Waals surface area contributed by atoms with Gasteiger partial charge in [-0.1, -0.05) is 19.1 Å². The topological polar surface area (TPSA) is 95.2 Å². The van der Waals surface area contributed by atoms with Crippen LogP contribution in [-0.2, 0) is 6.42 Å². The average molecular weight is 223 g/mol. The first kappa shape index (κ1) is 12.6. The molecule has 1 aromatic carbocycles. The van der Waals surface area contributed by atoms with E-state index in [1.54, 1.807) is 12.1 Å². The summed E-state index contributed by atoms with van der Waals surface area (Å²) in [5, 5.41) is 10.5. The third-order valence-electron chi connectivity index (χ3n) is 2.76. The van der Waals surface area contributed by atoms with Gasteiger partial charge < -0.3 is 11.5 Å². The van der Waals surface area contributed by atoms with Crippen molar-refractivity contribution in [1.29, 1.82) is 0 Å². The van der Waals surface area contributed by atoms with Gasteiger partial charge in [-0.2, -0.15) is 0 Å². The molecular formula is C11H17N3O2. The summed E-state index contributed by atoms with van der Waals surface area (Å²) in [4.78, 5) is 10.1. The molecule has 0 aliphatic carbocycles. The quantitative estimate of drug-likeness (QED) is 0.576. The zero-order valence-electron chi connectivity index (χ0n) is 9.35. The fraction of sp³-hybridized carbons (Fsp3) is 0.455. The molecule has 0 spiro atoms. The van der Waals surface area contributed by atoms with Crippen LogP contribution in [0.25, 0.3) is 0 Å². The zero-order chi connectivity index (χ0) is 12.2. The van der Waals surface area contributed by atoms with Crippen LogP contribution in [0.5, 0.6) is 0 Å². The highest BCUT2D eigenvalue weighted by atomic mass is 16.6. The van der Waals surface area contributed by atoms with Gasteiger partial charge in [0.15, 0.2) is 0 Å². The lowest BCUT2D eigenvalue weighted by molar-refractivity contribution is -0.384. The van der Waals surface area contributed by atoms with Crippen LogP contribution >= 0.6 is 0 Å². The van der Waals surface area contributed by atoms with Crippen LogP contribution in [-0.4, -0.2) is 18.0 Å². The maximum Gasteiger partial charge on any atom is 0.269 e. The molecule has 0 unspecified atom stereocenters. The van der Waals surface area contributed by atoms with Crippen LogP contribution < -0.4 is 11.5 Å². The molecule has 0 aromatic heterocycles. The van der Waals surface area contributed by atoms with Gasteiger partial charge in [0.2, 0.25) is 0 Å². The molecule has 5 nitrogen and oxygen atoms in total. The largest absolute Gasteiger partial charge is 0.330 e. The van der Waals surface area contributed by atoms with Crippen molar-refractivity contribution < 1.29 is 4.92 Å². The van der Waals surface area contributed by atoms with E-state index in [0.29, 0.717) is 13.1 Å². The van der Waals surface area contributed by atoms with E-state index < -0.39 is 4.92 Å². The van der Waals surface area contributed by atoms with Gasteiger partial charge in [-0.3, -0.25) is 10.1 Å². The first-order valence-electron chi connectivity index (χ1n) is 5.14. The Balaban J connectivity index is 2.79. The molecule has 88 valence electrons. The predicted octanol–water partition coefficient (Wildman–Crippen LogP) is 1.06. The maximum atomic E-state index is 10.5. The number of nitro benzene ring substituents is 1. The second-order valence-corrected chi connectivity index (χ2v) is 4.32. The van der Waals surface area contributed by atoms with Crippen molar-refractivity contribution in [2.45, 2.75) is 13.3 Å². The van der Waals surface area contributed by atoms with E-state index in [0.717, 1.165) is 12.0 Å². The fourth-order valence-corrected chi connectivity index (χ4v) is 1.46. The highest BCUT2D eigenvalue weighted by Crippen LogP contribution is 2.21. The summed E-state index contributed by atoms with van der Waals surface area (Å²) >= 11 is 0. The SMILES string of the molecule is CC(CN)(CN)Cc1ccc([N+](=O)[O-])cc1. The van der Waals surface area contributed by atoms with Crippen molar-refractivity contribution in [3.05, 3.63) is 39.9 Å². The summed E-state index contributed by atoms with van der Waals surface area (Å²) in [6.45, 7) is 3.01. The number of hydrogen-bond donors (Lipinski definition) is 2. The number of nitrogens with zero attached hydrogens (tertiary/aromatic N) is 1. The smallest absolute Gasteiger partial charge is 0.269 e. The lowest BCUT2D eigenvalue weighted by atomic mass is 9.84. The molecule has 0 atom stereocenters. The number of rotatable bonds is 5. The molecule has 16 heavy (non-hydrogen) atoms. The molecule has 0 saturated carbocycles. The number of hydrogen-bond acceptors (Lipinski definition) is 4. The summed E-state index contributed by atoms with van der Waals surface area (Å²) in [5.74, 6) is 0. The second-order valence-electron chi connectivity index (χ2n) is 4.32. The standard InChI is InChI=1S/C11H17N3O2/c1-11(7-12,8-13)6-9-2-4-10(5-3-9)14(15)16/h2-5H,6-8,12-13H2,1H3. The van der Waals surface area contributed by atoms with Gasteiger partial charge in [0, 0.05) is 12.1 Å². The highest BCUT2D eigenvalue weighted by Gasteiger charge is 2.21. The van der Waals surface area contributed by atoms with E-state index in [4.69, 9.17) is 11.5 Å². The van der Waals surface area contributed by atoms with Gasteiger partial charge in [0.05, 0.1) is 4.92 Å². The minimum Gasteiger partial charge on any atom is -0.330 e. The van der Waals surface area contributed by atoms with Gasteiger partial charge in [-0.15, -0.1) is 0 Å². The first-order chi connectivity index (χ1) is 7.50. The Kier molecular flexibility index (Phi) is 3.98. The fourth-order valence-electron chi connectivity index (χ4n) is 1.46. The normalized spacial score (nSPS) is 11.4. The monoisotopic (exact) mass is 223 g/mol. The second kappa shape index (κ2) is 5.05. The van der Waals surface area contributed by atoms with E-state index in [2.05, 4.69) is 0 Å². The van der Waals surface area contributed by atoms with Gasteiger partial charge >= 0.3 is 0 Å². The van der Waals surface area contributed by atoms with E-state index in [9.17, 15) is 10.1 Å². The number of nitro groups is 1. The Labute approximate surface area is 94.6 Å². The summed E-state index contributed by atoms with van der Waals surface area (Å²) in [5.41, 5.74) is 12.3. The Hall–Kier alpha value is -1.46. The van der Waals surface area contributed by atoms with Crippen molar-refractivity contribution >= 4 is 5.69 Å². The van der Waals surface area contributed by atoms with Crippen molar-refractivity contribution in [2.24, 2.45) is 16.9 Å². The van der Waals surface area contributed by atoms with Gasteiger partial charge in [0.25, 0.3) is 5.69 Å². The van der Waals surface area contributed by atoms with Crippen LogP contribution in [0, 0.1) is 15.5 Å². The molecule has 0 heterocycles. The Morgan fingerprint density at radius 1 is 1.25 bits per heavy atom. The third-order valence-corrected chi connectivity index (χ3v) is 2.76. The number of benzene rings is 1. The molecule has 0 radical (unpaired) electrons. The lowest BCUT2D eigenvalue weighted by Gasteiger charge is -2.25. The Bertz CT molecular complexity index is 358. The lowest BCUT2D eigenvalue weighted by Crippen LogP contribution is -2.37. The molecule has 0 bridgehead atoms. The Morgan fingerprint density at radius 2 is 1.75 bits per heavy atom. The van der Waals surface area contributed by atoms with Crippen molar-refractivity contribution in [3.8, 4) is 0 Å². The van der Waals surface area contributed by atoms with Crippen molar-refractivity contribution in [3.63, 3.8) is 0 Å². The molecule has 5 heteroatoms. The van der Waals surface area contributed by atoms with Crippen LogP contribution in [0.3, 0.4) is 0 Å². The zero-order valence-corrected chi connectivity index (χ0v) is 9.35. The Morgan fingerprint density at radius 3 is 2.12 bits per heavy atom. The molecule has 0 aliphatic heterocycles. The van der Waals surface area contributed by atoms with Crippen molar-refractivity contribution in [2.75, 3.05) is 13.1 Å². The maximum absolute atomic E-state index is 10.5. The molecule has 0 aliphatic rings. The van der Waals surface area contributed by atoms with Crippen LogP contribution in [0.2, 0.25) is 0 Å². The van der Waals surface area contributed by atoms with Crippen LogP contribution in [0.15, 0.2) is 24.3 Å². The number of nitrogens with two attached hydrogens (primary N) is 2. The summed E-state index contributed by atoms with van der Waals surface area (Å²) in [6, 6.07) is 6.51. The predicted molar refractivity (Wildman–Crippen MR) is 63.0 cm³/mol. The minimum absolute atomic E-state index is 0.103. The number of non-ortho nitro benzene ring substituents is 1. The van der Waals surface area contributed by atoms with E-state index in [-0.39, 0.29) is 11.1 Å². The molecule has 1 aromatic rings. The third kappa shape index (κ3) is 3.01. The van der Waals surface area contributed by atoms with Gasteiger partial charge in [-0.25, -0.2) is 0 Å². The molecule has 4 N–H and O–H groups in total. The first-order valence-corrected chi connectivity index (χ1v) is 5.14. The molecule has 0 saturated heterocycles. The highest BCUT2D eigenvalue weighted by molar-refractivity contribution is 5.33. The minimum atomic E-state index is -0.408. The summed E-state index contributed by atoms with van der Waals surface area (Å²) in [6.07, 6.45) is 0.734. The van der Waals surface area contributed by atoms with Gasteiger partial charge in [0.1, 0.15) is 0 Å². The average Bonchev–Trinajstić information content (AvgIpc) is 2.29. The summed E-state index contributed by atoms with van der Waals surface area (Å²) in [7, 11) is 0. The molecular weight excluding hydrogens is 206 g/mol. The molecule has 1 rings (SSSR count). The molecule has 0 amide bonds. The molecule has 0 fully saturated rings. The van der Waals surface area contributed by atoms with Crippen LogP contribution in [0.4, 0.5) is 5.69 Å². The van der Waals surface area contributed by atoms with E-state index >= 15 is 0 Å². The van der Waals surface area contributed by atoms with E-state index in [1.807, 2.05) is 6.92 Å². The van der Waals surface area contributed by atoms with Crippen LogP contribution in [0.1, 0.15) is 12.5 Å².